The lowest BCUT2D eigenvalue weighted by Gasteiger charge is -2.43. The van der Waals surface area contributed by atoms with Crippen LogP contribution < -0.4 is 0 Å². The van der Waals surface area contributed by atoms with Crippen molar-refractivity contribution >= 4 is 5.97 Å². The van der Waals surface area contributed by atoms with Crippen LogP contribution in [-0.2, 0) is 9.53 Å². The number of esters is 1. The first-order valence-electron chi connectivity index (χ1n) is 7.55. The lowest BCUT2D eigenvalue weighted by Crippen LogP contribution is -2.38. The molecule has 1 fully saturated rings. The summed E-state index contributed by atoms with van der Waals surface area (Å²) in [4.78, 5) is 14.6. The third kappa shape index (κ3) is 4.71. The van der Waals surface area contributed by atoms with Crippen LogP contribution in [0.5, 0.6) is 0 Å². The fraction of sp³-hybridized carbons (Fsp3) is 0.933. The molecule has 0 spiro atoms. The van der Waals surface area contributed by atoms with Crippen LogP contribution in [0.1, 0.15) is 66.2 Å². The maximum atomic E-state index is 11.6. The number of ether oxygens (including phenoxy) is 1. The van der Waals surface area contributed by atoms with Crippen LogP contribution in [0.15, 0.2) is 5.11 Å². The summed E-state index contributed by atoms with van der Waals surface area (Å²) in [5, 5.41) is 4.08. The Morgan fingerprint density at radius 2 is 2.20 bits per heavy atom. The van der Waals surface area contributed by atoms with E-state index in [0.717, 1.165) is 19.3 Å². The first-order chi connectivity index (χ1) is 9.33. The van der Waals surface area contributed by atoms with Gasteiger partial charge in [-0.1, -0.05) is 32.3 Å². The van der Waals surface area contributed by atoms with Crippen molar-refractivity contribution < 1.29 is 9.53 Å². The number of hydrogen-bond acceptors (Lipinski definition) is 3. The summed E-state index contributed by atoms with van der Waals surface area (Å²) in [5.41, 5.74) is 8.69. The van der Waals surface area contributed by atoms with Crippen molar-refractivity contribution in [3.63, 3.8) is 0 Å². The number of carbonyl (C=O) groups is 1. The topological polar surface area (TPSA) is 75.1 Å². The maximum absolute atomic E-state index is 11.6. The summed E-state index contributed by atoms with van der Waals surface area (Å²) in [7, 11) is 0. The monoisotopic (exact) mass is 281 g/mol. The zero-order valence-electron chi connectivity index (χ0n) is 13.2. The van der Waals surface area contributed by atoms with E-state index in [1.54, 1.807) is 6.92 Å². The molecule has 0 heterocycles. The Balaban J connectivity index is 2.76. The second-order valence-corrected chi connectivity index (χ2v) is 6.88. The van der Waals surface area contributed by atoms with E-state index in [0.29, 0.717) is 25.4 Å². The normalized spacial score (nSPS) is 26.7. The van der Waals surface area contributed by atoms with Crippen molar-refractivity contribution in [1.29, 1.82) is 0 Å². The van der Waals surface area contributed by atoms with Crippen LogP contribution in [0.2, 0.25) is 0 Å². The molecule has 0 radical (unpaired) electrons. The van der Waals surface area contributed by atoms with E-state index in [4.69, 9.17) is 10.3 Å². The van der Waals surface area contributed by atoms with Crippen molar-refractivity contribution in [3.05, 3.63) is 10.4 Å². The molecule has 114 valence electrons. The Labute approximate surface area is 121 Å². The summed E-state index contributed by atoms with van der Waals surface area (Å²) in [6.07, 6.45) is 4.92. The largest absolute Gasteiger partial charge is 0.466 e. The Kier molecular flexibility index (Phi) is 5.88. The van der Waals surface area contributed by atoms with Gasteiger partial charge in [-0.3, -0.25) is 4.79 Å². The first kappa shape index (κ1) is 16.8. The maximum Gasteiger partial charge on any atom is 0.305 e. The standard InChI is InChI=1S/C15H27N3O2/c1-5-20-13(19)8-10-15(17-18-16)9-6-7-12(11-15)14(2,3)4/h12H,5-11H2,1-4H3/t12-,15+/m0/s1. The lowest BCUT2D eigenvalue weighted by atomic mass is 9.65. The van der Waals surface area contributed by atoms with Gasteiger partial charge in [0, 0.05) is 16.9 Å². The molecule has 2 atom stereocenters. The molecule has 0 N–H and O–H groups in total. The molecule has 1 aliphatic carbocycles. The van der Waals surface area contributed by atoms with Crippen molar-refractivity contribution in [3.8, 4) is 0 Å². The van der Waals surface area contributed by atoms with Gasteiger partial charge in [0.15, 0.2) is 0 Å². The van der Waals surface area contributed by atoms with E-state index in [-0.39, 0.29) is 11.4 Å². The minimum atomic E-state index is -0.405. The van der Waals surface area contributed by atoms with Crippen LogP contribution in [0.25, 0.3) is 10.4 Å². The van der Waals surface area contributed by atoms with Crippen LogP contribution >= 0.6 is 0 Å². The highest BCUT2D eigenvalue weighted by atomic mass is 16.5. The molecule has 1 saturated carbocycles. The van der Waals surface area contributed by atoms with Crippen molar-refractivity contribution in [2.75, 3.05) is 6.61 Å². The average Bonchev–Trinajstić information content (AvgIpc) is 2.37. The van der Waals surface area contributed by atoms with Gasteiger partial charge < -0.3 is 4.74 Å². The Bertz CT molecular complexity index is 383. The molecule has 5 nitrogen and oxygen atoms in total. The van der Waals surface area contributed by atoms with Crippen LogP contribution in [0.3, 0.4) is 0 Å². The van der Waals surface area contributed by atoms with Crippen molar-refractivity contribution in [2.45, 2.75) is 71.8 Å². The fourth-order valence-electron chi connectivity index (χ4n) is 3.11. The molecule has 0 saturated heterocycles. The second-order valence-electron chi connectivity index (χ2n) is 6.88. The summed E-state index contributed by atoms with van der Waals surface area (Å²) in [6, 6.07) is 0. The number of azide groups is 1. The molecule has 1 aliphatic rings. The highest BCUT2D eigenvalue weighted by Gasteiger charge is 2.39. The summed E-state index contributed by atoms with van der Waals surface area (Å²) in [6.45, 7) is 8.90. The smallest absolute Gasteiger partial charge is 0.305 e. The lowest BCUT2D eigenvalue weighted by molar-refractivity contribution is -0.143. The molecule has 5 heteroatoms. The van der Waals surface area contributed by atoms with E-state index in [2.05, 4.69) is 30.8 Å². The van der Waals surface area contributed by atoms with Gasteiger partial charge in [0.2, 0.25) is 0 Å². The molecule has 0 aromatic heterocycles. The van der Waals surface area contributed by atoms with Gasteiger partial charge in [0.25, 0.3) is 0 Å². The van der Waals surface area contributed by atoms with Gasteiger partial charge in [0.1, 0.15) is 0 Å². The third-order valence-corrected chi connectivity index (χ3v) is 4.40. The SMILES string of the molecule is CCOC(=O)CC[C@]1(N=[N+]=[N-])CCC[C@H](C(C)(C)C)C1. The zero-order chi connectivity index (χ0) is 15.2. The third-order valence-electron chi connectivity index (χ3n) is 4.40. The zero-order valence-corrected chi connectivity index (χ0v) is 13.2. The highest BCUT2D eigenvalue weighted by molar-refractivity contribution is 5.69. The minimum absolute atomic E-state index is 0.196. The van der Waals surface area contributed by atoms with Crippen molar-refractivity contribution in [2.24, 2.45) is 16.4 Å². The van der Waals surface area contributed by atoms with Crippen LogP contribution in [0, 0.1) is 11.3 Å². The van der Waals surface area contributed by atoms with Crippen LogP contribution in [-0.4, -0.2) is 18.1 Å². The second kappa shape index (κ2) is 6.98. The Morgan fingerprint density at radius 1 is 1.50 bits per heavy atom. The fourth-order valence-corrected chi connectivity index (χ4v) is 3.11. The quantitative estimate of drug-likeness (QED) is 0.319. The van der Waals surface area contributed by atoms with E-state index < -0.39 is 5.54 Å². The van der Waals surface area contributed by atoms with Gasteiger partial charge >= 0.3 is 5.97 Å². The Morgan fingerprint density at radius 3 is 2.75 bits per heavy atom. The molecule has 0 aliphatic heterocycles. The van der Waals surface area contributed by atoms with E-state index >= 15 is 0 Å². The van der Waals surface area contributed by atoms with Gasteiger partial charge in [-0.25, -0.2) is 0 Å². The predicted octanol–water partition coefficient (Wildman–Crippen LogP) is 4.62. The first-order valence-corrected chi connectivity index (χ1v) is 7.55. The molecule has 0 aromatic carbocycles. The van der Waals surface area contributed by atoms with Crippen molar-refractivity contribution in [1.82, 2.24) is 0 Å². The molecule has 0 bridgehead atoms. The highest BCUT2D eigenvalue weighted by Crippen LogP contribution is 2.45. The molecule has 20 heavy (non-hydrogen) atoms. The van der Waals surface area contributed by atoms with Crippen LogP contribution in [0.4, 0.5) is 0 Å². The van der Waals surface area contributed by atoms with Gasteiger partial charge in [-0.15, -0.1) is 0 Å². The number of hydrogen-bond donors (Lipinski definition) is 0. The van der Waals surface area contributed by atoms with Gasteiger partial charge in [-0.05, 0) is 49.5 Å². The molecule has 1 rings (SSSR count). The van der Waals surface area contributed by atoms with E-state index in [1.807, 2.05) is 0 Å². The summed E-state index contributed by atoms with van der Waals surface area (Å²) >= 11 is 0. The van der Waals surface area contributed by atoms with Gasteiger partial charge in [0.05, 0.1) is 6.61 Å². The predicted molar refractivity (Wildman–Crippen MR) is 79.2 cm³/mol. The number of nitrogens with zero attached hydrogens (tertiary/aromatic N) is 3. The van der Waals surface area contributed by atoms with E-state index in [9.17, 15) is 4.79 Å². The number of carbonyl (C=O) groups excluding carboxylic acids is 1. The van der Waals surface area contributed by atoms with E-state index in [1.165, 1.54) is 6.42 Å². The minimum Gasteiger partial charge on any atom is -0.466 e. The van der Waals surface area contributed by atoms with Gasteiger partial charge in [-0.2, -0.15) is 0 Å². The molecule has 0 unspecified atom stereocenters. The summed E-state index contributed by atoms with van der Waals surface area (Å²) < 4.78 is 4.98. The molecule has 0 aromatic rings. The Hall–Kier alpha value is -1.22. The molecular weight excluding hydrogens is 254 g/mol. The summed E-state index contributed by atoms with van der Waals surface area (Å²) in [5.74, 6) is 0.335. The average molecular weight is 281 g/mol. The number of rotatable bonds is 5. The molecule has 0 amide bonds. The molecular formula is C15H27N3O2.